The molecular weight excluding hydrogens is 824 g/mol. The van der Waals surface area contributed by atoms with E-state index in [0.717, 1.165) is 61.3 Å². The molecule has 6 nitrogen and oxygen atoms in total. The molecule has 8 aromatic rings. The van der Waals surface area contributed by atoms with E-state index in [1.54, 1.807) is 7.11 Å². The largest absolute Gasteiger partial charge is 2.00 e. The van der Waals surface area contributed by atoms with Crippen LogP contribution in [0.4, 0.5) is 0 Å². The molecule has 8 rings (SSSR count). The predicted molar refractivity (Wildman–Crippen MR) is 205 cm³/mol. The van der Waals surface area contributed by atoms with Gasteiger partial charge in [0.1, 0.15) is 5.82 Å². The standard InChI is InChI=1S/C45H38N4O2.Pt/c1-30-22-23-46-42(24-30)48-39-19-13-12-18-37(39)38-21-20-35(29-40(38)48)51-36-27-33(45(2,3)4)26-34(28-36)49-41(25-31-14-8-6-9-15-31)43(44(47-49)50-5)32-16-10-7-11-17-32;/h6-24,26-27H,25H2,1-5H3;/q-2;+2. The molecule has 0 atom stereocenters. The van der Waals surface area contributed by atoms with Crippen molar-refractivity contribution < 1.29 is 30.5 Å². The predicted octanol–water partition coefficient (Wildman–Crippen LogP) is 10.6. The zero-order valence-corrected chi connectivity index (χ0v) is 32.0. The minimum atomic E-state index is -0.183. The second kappa shape index (κ2) is 14.3. The van der Waals surface area contributed by atoms with Gasteiger partial charge in [0.25, 0.3) is 0 Å². The number of fused-ring (bicyclic) bond motifs is 3. The van der Waals surface area contributed by atoms with E-state index in [-0.39, 0.29) is 26.5 Å². The summed E-state index contributed by atoms with van der Waals surface area (Å²) in [5, 5.41) is 7.26. The van der Waals surface area contributed by atoms with E-state index >= 15 is 0 Å². The monoisotopic (exact) mass is 861 g/mol. The molecule has 0 spiro atoms. The maximum atomic E-state index is 6.68. The first-order chi connectivity index (χ1) is 24.8. The summed E-state index contributed by atoms with van der Waals surface area (Å²) < 4.78 is 16.7. The maximum absolute atomic E-state index is 6.68. The first-order valence-corrected chi connectivity index (χ1v) is 17.2. The Kier molecular flexibility index (Phi) is 9.61. The van der Waals surface area contributed by atoms with Gasteiger partial charge in [0.05, 0.1) is 18.4 Å². The van der Waals surface area contributed by atoms with Crippen LogP contribution in [0.25, 0.3) is 44.4 Å². The van der Waals surface area contributed by atoms with Crippen LogP contribution in [0, 0.1) is 19.1 Å². The Bertz CT molecular complexity index is 2510. The molecule has 0 saturated carbocycles. The van der Waals surface area contributed by atoms with E-state index in [2.05, 4.69) is 129 Å². The number of rotatable bonds is 8. The molecule has 0 radical (unpaired) electrons. The number of benzene rings is 5. The Labute approximate surface area is 318 Å². The summed E-state index contributed by atoms with van der Waals surface area (Å²) >= 11 is 0. The van der Waals surface area contributed by atoms with Crippen LogP contribution in [0.3, 0.4) is 0 Å². The topological polar surface area (TPSA) is 54.1 Å². The van der Waals surface area contributed by atoms with Crippen LogP contribution < -0.4 is 9.47 Å². The van der Waals surface area contributed by atoms with Gasteiger partial charge in [-0.15, -0.1) is 46.4 Å². The average Bonchev–Trinajstić information content (AvgIpc) is 3.67. The zero-order chi connectivity index (χ0) is 35.1. The molecule has 0 amide bonds. The van der Waals surface area contributed by atoms with E-state index in [0.29, 0.717) is 23.8 Å². The number of nitrogens with zero attached hydrogens (tertiary/aromatic N) is 4. The minimum absolute atomic E-state index is 0. The van der Waals surface area contributed by atoms with Gasteiger partial charge < -0.3 is 14.0 Å². The van der Waals surface area contributed by atoms with Crippen LogP contribution >= 0.6 is 0 Å². The van der Waals surface area contributed by atoms with Crippen molar-refractivity contribution in [2.45, 2.75) is 39.5 Å². The van der Waals surface area contributed by atoms with Gasteiger partial charge in [-0.3, -0.25) is 4.68 Å². The fourth-order valence-corrected chi connectivity index (χ4v) is 6.68. The van der Waals surface area contributed by atoms with Gasteiger partial charge >= 0.3 is 21.1 Å². The van der Waals surface area contributed by atoms with E-state index in [1.165, 1.54) is 5.56 Å². The van der Waals surface area contributed by atoms with E-state index in [9.17, 15) is 0 Å². The quantitative estimate of drug-likeness (QED) is 0.143. The smallest absolute Gasteiger partial charge is 0.509 e. The third kappa shape index (κ3) is 6.67. The van der Waals surface area contributed by atoms with Crippen LogP contribution in [0.1, 0.15) is 43.2 Å². The number of methoxy groups -OCH3 is 1. The van der Waals surface area contributed by atoms with Gasteiger partial charge in [-0.05, 0) is 58.3 Å². The number of pyridine rings is 1. The number of hydrogen-bond acceptors (Lipinski definition) is 4. The molecule has 3 heterocycles. The fraction of sp³-hybridized carbons (Fsp3) is 0.156. The van der Waals surface area contributed by atoms with Crippen molar-refractivity contribution in [2.75, 3.05) is 7.11 Å². The average molecular weight is 862 g/mol. The van der Waals surface area contributed by atoms with Crippen molar-refractivity contribution in [1.82, 2.24) is 19.3 Å². The number of para-hydroxylation sites is 1. The summed E-state index contributed by atoms with van der Waals surface area (Å²) in [5.74, 6) is 2.55. The third-order valence-electron chi connectivity index (χ3n) is 9.25. The third-order valence-corrected chi connectivity index (χ3v) is 9.25. The molecule has 0 fully saturated rings. The minimum Gasteiger partial charge on any atom is -0.509 e. The SMILES string of the molecule is COc1nn(-c2[c-]c(Oc3[c-]c4c(cc3)c3ccccc3n4-c3cc(C)ccn3)cc(C(C)(C)C)c2)c(Cc2ccccc2)c1-c1ccccc1.[Pt+2]. The van der Waals surface area contributed by atoms with Crippen molar-refractivity contribution >= 4 is 21.8 Å². The van der Waals surface area contributed by atoms with Crippen molar-refractivity contribution in [3.05, 3.63) is 162 Å². The molecule has 0 bridgehead atoms. The molecule has 0 unspecified atom stereocenters. The summed E-state index contributed by atoms with van der Waals surface area (Å²) in [6.07, 6.45) is 2.49. The summed E-state index contributed by atoms with van der Waals surface area (Å²) in [6.45, 7) is 8.68. The molecule has 0 aliphatic carbocycles. The van der Waals surface area contributed by atoms with Gasteiger partial charge in [-0.2, -0.15) is 6.07 Å². The first-order valence-electron chi connectivity index (χ1n) is 17.2. The van der Waals surface area contributed by atoms with Gasteiger partial charge in [-0.1, -0.05) is 105 Å². The van der Waals surface area contributed by atoms with Crippen LogP contribution in [-0.2, 0) is 32.9 Å². The number of aromatic nitrogens is 4. The normalized spacial score (nSPS) is 11.5. The number of ether oxygens (including phenoxy) is 2. The van der Waals surface area contributed by atoms with Gasteiger partial charge in [-0.25, -0.2) is 4.98 Å². The summed E-state index contributed by atoms with van der Waals surface area (Å²) in [6, 6.07) is 48.7. The fourth-order valence-electron chi connectivity index (χ4n) is 6.68. The molecule has 7 heteroatoms. The van der Waals surface area contributed by atoms with Crippen LogP contribution in [0.2, 0.25) is 0 Å². The Hall–Kier alpha value is -5.45. The Morgan fingerprint density at radius 1 is 0.750 bits per heavy atom. The van der Waals surface area contributed by atoms with E-state index in [4.69, 9.17) is 19.6 Å². The molecule has 0 aliphatic rings. The van der Waals surface area contributed by atoms with E-state index < -0.39 is 0 Å². The van der Waals surface area contributed by atoms with Crippen LogP contribution in [0.15, 0.2) is 128 Å². The molecule has 0 N–H and O–H groups in total. The first kappa shape index (κ1) is 35.0. The van der Waals surface area contributed by atoms with Gasteiger partial charge in [0.2, 0.25) is 5.88 Å². The van der Waals surface area contributed by atoms with Crippen molar-refractivity contribution in [2.24, 2.45) is 0 Å². The van der Waals surface area contributed by atoms with Crippen molar-refractivity contribution in [1.29, 1.82) is 0 Å². The summed E-state index contributed by atoms with van der Waals surface area (Å²) in [4.78, 5) is 4.73. The second-order valence-electron chi connectivity index (χ2n) is 13.9. The second-order valence-corrected chi connectivity index (χ2v) is 13.9. The van der Waals surface area contributed by atoms with E-state index in [1.807, 2.05) is 47.3 Å². The zero-order valence-electron chi connectivity index (χ0n) is 29.8. The Balaban J connectivity index is 0.00000420. The van der Waals surface area contributed by atoms with Crippen molar-refractivity contribution in [3.8, 4) is 40.0 Å². The number of aryl methyl sites for hydroxylation is 1. The molecule has 260 valence electrons. The number of hydrogen-bond donors (Lipinski definition) is 0. The molecule has 5 aromatic carbocycles. The molecule has 3 aromatic heterocycles. The van der Waals surface area contributed by atoms with Gasteiger partial charge in [0.15, 0.2) is 0 Å². The van der Waals surface area contributed by atoms with Crippen molar-refractivity contribution in [3.63, 3.8) is 0 Å². The van der Waals surface area contributed by atoms with Crippen LogP contribution in [0.5, 0.6) is 17.4 Å². The summed E-state index contributed by atoms with van der Waals surface area (Å²) in [7, 11) is 1.67. The molecule has 52 heavy (non-hydrogen) atoms. The Morgan fingerprint density at radius 3 is 2.21 bits per heavy atom. The molecular formula is C45H38N4O2Pt. The maximum Gasteiger partial charge on any atom is 2.00 e. The molecule has 0 aliphatic heterocycles. The van der Waals surface area contributed by atoms with Gasteiger partial charge in [0, 0.05) is 29.6 Å². The summed E-state index contributed by atoms with van der Waals surface area (Å²) in [5.41, 5.74) is 8.93. The van der Waals surface area contributed by atoms with Crippen LogP contribution in [-0.4, -0.2) is 26.4 Å². The Morgan fingerprint density at radius 2 is 1.48 bits per heavy atom. The molecule has 0 saturated heterocycles.